The van der Waals surface area contributed by atoms with Gasteiger partial charge in [0.25, 0.3) is 5.91 Å². The largest absolute Gasteiger partial charge is 0.370 e. The summed E-state index contributed by atoms with van der Waals surface area (Å²) in [6, 6.07) is 9.07. The molecule has 0 bridgehead atoms. The summed E-state index contributed by atoms with van der Waals surface area (Å²) in [5.74, 6) is -0.0243. The van der Waals surface area contributed by atoms with Crippen molar-refractivity contribution in [1.82, 2.24) is 15.2 Å². The summed E-state index contributed by atoms with van der Waals surface area (Å²) in [4.78, 5) is 42.6. The number of imide groups is 1. The van der Waals surface area contributed by atoms with Crippen molar-refractivity contribution in [3.05, 3.63) is 47.0 Å². The van der Waals surface area contributed by atoms with Crippen LogP contribution in [0.25, 0.3) is 11.3 Å². The summed E-state index contributed by atoms with van der Waals surface area (Å²) in [5, 5.41) is 5.56. The fourth-order valence-electron chi connectivity index (χ4n) is 3.82. The molecule has 0 spiro atoms. The second-order valence-electron chi connectivity index (χ2n) is 7.22. The standard InChI is InChI=1S/C21H22N4O3/c1-3-22-18-9-12(2)8-16(23-18)13-4-5-15-14(10-13)11-25(21(15)28)17-6-7-19(26)24-20(17)27/h4-5,8-10,17H,3,6-7,11H2,1-2H3,(H,22,23)(H,24,26,27). The predicted octanol–water partition coefficient (Wildman–Crippen LogP) is 2.25. The summed E-state index contributed by atoms with van der Waals surface area (Å²) in [6.07, 6.45) is 0.616. The number of piperidine rings is 1. The van der Waals surface area contributed by atoms with E-state index in [1.165, 1.54) is 0 Å². The van der Waals surface area contributed by atoms with Gasteiger partial charge >= 0.3 is 0 Å². The smallest absolute Gasteiger partial charge is 0.255 e. The van der Waals surface area contributed by atoms with E-state index < -0.39 is 11.9 Å². The number of aromatic nitrogens is 1. The molecule has 4 rings (SSSR count). The Labute approximate surface area is 163 Å². The maximum Gasteiger partial charge on any atom is 0.255 e. The van der Waals surface area contributed by atoms with Crippen LogP contribution in [0, 0.1) is 6.92 Å². The zero-order valence-electron chi connectivity index (χ0n) is 15.9. The molecule has 0 radical (unpaired) electrons. The van der Waals surface area contributed by atoms with Gasteiger partial charge in [0, 0.05) is 30.6 Å². The van der Waals surface area contributed by atoms with Gasteiger partial charge in [0.05, 0.1) is 5.69 Å². The average Bonchev–Trinajstić information content (AvgIpc) is 2.97. The minimum absolute atomic E-state index is 0.165. The van der Waals surface area contributed by atoms with Crippen molar-refractivity contribution in [2.24, 2.45) is 0 Å². The van der Waals surface area contributed by atoms with Gasteiger partial charge in [-0.1, -0.05) is 6.07 Å². The zero-order valence-corrected chi connectivity index (χ0v) is 15.9. The summed E-state index contributed by atoms with van der Waals surface area (Å²) >= 11 is 0. The number of nitrogens with one attached hydrogen (secondary N) is 2. The molecule has 7 nitrogen and oxygen atoms in total. The third-order valence-electron chi connectivity index (χ3n) is 5.15. The van der Waals surface area contributed by atoms with Crippen molar-refractivity contribution in [2.45, 2.75) is 39.3 Å². The first kappa shape index (κ1) is 18.2. The lowest BCUT2D eigenvalue weighted by molar-refractivity contribution is -0.136. The summed E-state index contributed by atoms with van der Waals surface area (Å²) in [7, 11) is 0. The van der Waals surface area contributed by atoms with E-state index in [1.54, 1.807) is 11.0 Å². The quantitative estimate of drug-likeness (QED) is 0.797. The maximum atomic E-state index is 12.8. The molecule has 0 saturated carbocycles. The fourth-order valence-corrected chi connectivity index (χ4v) is 3.82. The van der Waals surface area contributed by atoms with Crippen molar-refractivity contribution in [3.63, 3.8) is 0 Å². The zero-order chi connectivity index (χ0) is 19.8. The van der Waals surface area contributed by atoms with Gasteiger partial charge in [0.1, 0.15) is 11.9 Å². The molecule has 1 aromatic carbocycles. The summed E-state index contributed by atoms with van der Waals surface area (Å²) in [5.41, 5.74) is 4.35. The van der Waals surface area contributed by atoms with Crippen LogP contribution in [0.2, 0.25) is 0 Å². The minimum Gasteiger partial charge on any atom is -0.370 e. The van der Waals surface area contributed by atoms with Crippen molar-refractivity contribution in [1.29, 1.82) is 0 Å². The molecule has 1 atom stereocenters. The molecule has 2 N–H and O–H groups in total. The number of rotatable bonds is 4. The van der Waals surface area contributed by atoms with Gasteiger partial charge < -0.3 is 10.2 Å². The number of fused-ring (bicyclic) bond motifs is 1. The highest BCUT2D eigenvalue weighted by molar-refractivity contribution is 6.05. The van der Waals surface area contributed by atoms with E-state index in [2.05, 4.69) is 15.6 Å². The van der Waals surface area contributed by atoms with Crippen LogP contribution in [0.5, 0.6) is 0 Å². The van der Waals surface area contributed by atoms with E-state index in [0.29, 0.717) is 18.5 Å². The van der Waals surface area contributed by atoms with E-state index in [9.17, 15) is 14.4 Å². The highest BCUT2D eigenvalue weighted by Crippen LogP contribution is 2.31. The van der Waals surface area contributed by atoms with Crippen LogP contribution in [-0.4, -0.2) is 40.2 Å². The molecule has 0 aliphatic carbocycles. The van der Waals surface area contributed by atoms with Gasteiger partial charge in [0.15, 0.2) is 0 Å². The van der Waals surface area contributed by atoms with Gasteiger partial charge in [-0.2, -0.15) is 0 Å². The Morgan fingerprint density at radius 2 is 2.04 bits per heavy atom. The number of carbonyl (C=O) groups excluding carboxylic acids is 3. The molecule has 7 heteroatoms. The van der Waals surface area contributed by atoms with Gasteiger partial charge in [-0.25, -0.2) is 4.98 Å². The van der Waals surface area contributed by atoms with Crippen LogP contribution >= 0.6 is 0 Å². The lowest BCUT2D eigenvalue weighted by atomic mass is 10.0. The van der Waals surface area contributed by atoms with Crippen LogP contribution in [0.1, 0.15) is 41.3 Å². The molecule has 2 aliphatic rings. The van der Waals surface area contributed by atoms with Gasteiger partial charge in [-0.15, -0.1) is 0 Å². The number of aryl methyl sites for hydroxylation is 1. The molecule has 144 valence electrons. The number of hydrogen-bond donors (Lipinski definition) is 2. The second-order valence-corrected chi connectivity index (χ2v) is 7.22. The Hall–Kier alpha value is -3.22. The van der Waals surface area contributed by atoms with Crippen molar-refractivity contribution < 1.29 is 14.4 Å². The first-order valence-corrected chi connectivity index (χ1v) is 9.47. The number of amides is 3. The average molecular weight is 378 g/mol. The predicted molar refractivity (Wildman–Crippen MR) is 105 cm³/mol. The molecule has 1 aromatic heterocycles. The number of carbonyl (C=O) groups is 3. The van der Waals surface area contributed by atoms with Crippen LogP contribution in [0.15, 0.2) is 30.3 Å². The van der Waals surface area contributed by atoms with Crippen LogP contribution < -0.4 is 10.6 Å². The summed E-state index contributed by atoms with van der Waals surface area (Å²) in [6.45, 7) is 5.19. The maximum absolute atomic E-state index is 12.8. The highest BCUT2D eigenvalue weighted by Gasteiger charge is 2.39. The Morgan fingerprint density at radius 3 is 2.79 bits per heavy atom. The van der Waals surface area contributed by atoms with Gasteiger partial charge in [0.2, 0.25) is 11.8 Å². The number of benzene rings is 1. The van der Waals surface area contributed by atoms with Crippen LogP contribution in [-0.2, 0) is 16.1 Å². The molecule has 2 aromatic rings. The Morgan fingerprint density at radius 1 is 1.21 bits per heavy atom. The number of nitrogens with zero attached hydrogens (tertiary/aromatic N) is 2. The van der Waals surface area contributed by atoms with Gasteiger partial charge in [-0.3, -0.25) is 19.7 Å². The Kier molecular flexibility index (Phi) is 4.58. The molecule has 1 fully saturated rings. The Balaban J connectivity index is 1.63. The van der Waals surface area contributed by atoms with Crippen LogP contribution in [0.3, 0.4) is 0 Å². The Bertz CT molecular complexity index is 986. The van der Waals surface area contributed by atoms with E-state index >= 15 is 0 Å². The monoisotopic (exact) mass is 378 g/mol. The van der Waals surface area contributed by atoms with E-state index in [1.807, 2.05) is 38.1 Å². The number of hydrogen-bond acceptors (Lipinski definition) is 5. The normalized spacial score (nSPS) is 18.9. The van der Waals surface area contributed by atoms with E-state index in [0.717, 1.165) is 34.7 Å². The molecule has 1 saturated heterocycles. The molecule has 28 heavy (non-hydrogen) atoms. The number of pyridine rings is 1. The molecule has 1 unspecified atom stereocenters. The lowest BCUT2D eigenvalue weighted by Gasteiger charge is -2.29. The van der Waals surface area contributed by atoms with Crippen molar-refractivity contribution >= 4 is 23.5 Å². The molecule has 2 aliphatic heterocycles. The second kappa shape index (κ2) is 7.07. The first-order valence-electron chi connectivity index (χ1n) is 9.47. The van der Waals surface area contributed by atoms with E-state index in [-0.39, 0.29) is 18.2 Å². The minimum atomic E-state index is -0.599. The molecular weight excluding hydrogens is 356 g/mol. The lowest BCUT2D eigenvalue weighted by Crippen LogP contribution is -2.52. The van der Waals surface area contributed by atoms with Crippen LogP contribution in [0.4, 0.5) is 5.82 Å². The summed E-state index contributed by atoms with van der Waals surface area (Å²) < 4.78 is 0. The highest BCUT2D eigenvalue weighted by atomic mass is 16.2. The SMILES string of the molecule is CCNc1cc(C)cc(-c2ccc3c(c2)CN(C2CCC(=O)NC2=O)C3=O)n1. The fraction of sp³-hybridized carbons (Fsp3) is 0.333. The molecular formula is C21H22N4O3. The third-order valence-corrected chi connectivity index (χ3v) is 5.15. The number of anilines is 1. The van der Waals surface area contributed by atoms with E-state index in [4.69, 9.17) is 0 Å². The van der Waals surface area contributed by atoms with Crippen molar-refractivity contribution in [3.8, 4) is 11.3 Å². The third kappa shape index (κ3) is 3.24. The van der Waals surface area contributed by atoms with Gasteiger partial charge in [-0.05, 0) is 55.7 Å². The topological polar surface area (TPSA) is 91.4 Å². The molecule has 3 amide bonds. The van der Waals surface area contributed by atoms with Crippen molar-refractivity contribution in [2.75, 3.05) is 11.9 Å². The molecule has 3 heterocycles. The first-order chi connectivity index (χ1) is 13.5.